The van der Waals surface area contributed by atoms with Crippen molar-refractivity contribution in [2.45, 2.75) is 51.1 Å². The SMILES string of the molecule is CCC(c1ccc(F)cc1F)N1CCN(C(=O)C2CCCC(N)C2)CC1. The topological polar surface area (TPSA) is 49.6 Å². The molecule has 0 radical (unpaired) electrons. The molecule has 1 aliphatic carbocycles. The highest BCUT2D eigenvalue weighted by Crippen LogP contribution is 2.29. The van der Waals surface area contributed by atoms with E-state index in [0.29, 0.717) is 31.7 Å². The maximum atomic E-state index is 14.2. The fourth-order valence-corrected chi connectivity index (χ4v) is 4.41. The van der Waals surface area contributed by atoms with Crippen molar-refractivity contribution < 1.29 is 13.6 Å². The molecule has 3 rings (SSSR count). The largest absolute Gasteiger partial charge is 0.340 e. The summed E-state index contributed by atoms with van der Waals surface area (Å²) in [5.41, 5.74) is 6.55. The molecule has 1 saturated carbocycles. The molecule has 0 aromatic heterocycles. The lowest BCUT2D eigenvalue weighted by Crippen LogP contribution is -2.52. The van der Waals surface area contributed by atoms with Crippen LogP contribution < -0.4 is 5.73 Å². The van der Waals surface area contributed by atoms with Crippen LogP contribution in [-0.2, 0) is 4.79 Å². The minimum Gasteiger partial charge on any atom is -0.340 e. The number of benzene rings is 1. The van der Waals surface area contributed by atoms with Gasteiger partial charge in [-0.15, -0.1) is 0 Å². The third kappa shape index (κ3) is 4.23. The summed E-state index contributed by atoms with van der Waals surface area (Å²) >= 11 is 0. The first-order valence-corrected chi connectivity index (χ1v) is 9.73. The predicted octanol–water partition coefficient (Wildman–Crippen LogP) is 3.08. The summed E-state index contributed by atoms with van der Waals surface area (Å²) in [6.45, 7) is 4.74. The molecule has 1 aromatic rings. The molecule has 2 fully saturated rings. The van der Waals surface area contributed by atoms with Crippen LogP contribution in [-0.4, -0.2) is 47.9 Å². The lowest BCUT2D eigenvalue weighted by Gasteiger charge is -2.41. The van der Waals surface area contributed by atoms with Gasteiger partial charge in [-0.05, 0) is 31.7 Å². The molecule has 1 heterocycles. The van der Waals surface area contributed by atoms with Gasteiger partial charge >= 0.3 is 0 Å². The first-order chi connectivity index (χ1) is 12.5. The molecule has 2 N–H and O–H groups in total. The Hall–Kier alpha value is -1.53. The highest BCUT2D eigenvalue weighted by molar-refractivity contribution is 5.79. The van der Waals surface area contributed by atoms with Crippen LogP contribution in [0.4, 0.5) is 8.78 Å². The summed E-state index contributed by atoms with van der Waals surface area (Å²) < 4.78 is 27.4. The Kier molecular flexibility index (Phi) is 6.24. The first kappa shape index (κ1) is 19.2. The Balaban J connectivity index is 1.60. The van der Waals surface area contributed by atoms with Gasteiger partial charge in [0.15, 0.2) is 0 Å². The molecule has 1 amide bonds. The van der Waals surface area contributed by atoms with Gasteiger partial charge in [0.25, 0.3) is 0 Å². The summed E-state index contributed by atoms with van der Waals surface area (Å²) in [4.78, 5) is 16.9. The van der Waals surface area contributed by atoms with Gasteiger partial charge in [0, 0.05) is 55.8 Å². The number of carbonyl (C=O) groups excluding carboxylic acids is 1. The summed E-state index contributed by atoms with van der Waals surface area (Å²) in [7, 11) is 0. The van der Waals surface area contributed by atoms with Gasteiger partial charge in [-0.2, -0.15) is 0 Å². The Bertz CT molecular complexity index is 631. The van der Waals surface area contributed by atoms with Gasteiger partial charge in [-0.1, -0.05) is 19.4 Å². The second-order valence-corrected chi connectivity index (χ2v) is 7.57. The van der Waals surface area contributed by atoms with Gasteiger partial charge in [-0.3, -0.25) is 9.69 Å². The number of rotatable bonds is 4. The monoisotopic (exact) mass is 365 g/mol. The molecule has 26 heavy (non-hydrogen) atoms. The first-order valence-electron chi connectivity index (χ1n) is 9.73. The quantitative estimate of drug-likeness (QED) is 0.892. The van der Waals surface area contributed by atoms with Crippen molar-refractivity contribution in [1.82, 2.24) is 9.80 Å². The zero-order valence-electron chi connectivity index (χ0n) is 15.5. The van der Waals surface area contributed by atoms with Crippen molar-refractivity contribution in [3.05, 3.63) is 35.4 Å². The number of halogens is 2. The van der Waals surface area contributed by atoms with Gasteiger partial charge in [0.1, 0.15) is 11.6 Å². The van der Waals surface area contributed by atoms with Crippen molar-refractivity contribution in [3.8, 4) is 0 Å². The van der Waals surface area contributed by atoms with Gasteiger partial charge in [0.05, 0.1) is 0 Å². The minimum absolute atomic E-state index is 0.0572. The number of hydrogen-bond donors (Lipinski definition) is 1. The fraction of sp³-hybridized carbons (Fsp3) is 0.650. The normalized spacial score (nSPS) is 25.9. The van der Waals surface area contributed by atoms with E-state index in [1.54, 1.807) is 6.07 Å². The van der Waals surface area contributed by atoms with Gasteiger partial charge in [0.2, 0.25) is 5.91 Å². The predicted molar refractivity (Wildman–Crippen MR) is 97.5 cm³/mol. The third-order valence-electron chi connectivity index (χ3n) is 5.84. The molecule has 0 bridgehead atoms. The maximum Gasteiger partial charge on any atom is 0.225 e. The highest BCUT2D eigenvalue weighted by atomic mass is 19.1. The lowest BCUT2D eigenvalue weighted by atomic mass is 9.85. The van der Waals surface area contributed by atoms with Crippen LogP contribution in [0.15, 0.2) is 18.2 Å². The van der Waals surface area contributed by atoms with Crippen molar-refractivity contribution in [2.24, 2.45) is 11.7 Å². The van der Waals surface area contributed by atoms with Crippen LogP contribution in [0, 0.1) is 17.6 Å². The molecule has 2 aliphatic rings. The van der Waals surface area contributed by atoms with E-state index in [4.69, 9.17) is 5.73 Å². The van der Waals surface area contributed by atoms with E-state index in [1.807, 2.05) is 11.8 Å². The number of nitrogens with zero attached hydrogens (tertiary/aromatic N) is 2. The molecule has 4 nitrogen and oxygen atoms in total. The number of piperazine rings is 1. The third-order valence-corrected chi connectivity index (χ3v) is 5.84. The molecule has 1 saturated heterocycles. The van der Waals surface area contributed by atoms with E-state index in [-0.39, 0.29) is 23.9 Å². The highest BCUT2D eigenvalue weighted by Gasteiger charge is 2.32. The zero-order valence-corrected chi connectivity index (χ0v) is 15.5. The smallest absolute Gasteiger partial charge is 0.225 e. The molecule has 3 atom stereocenters. The van der Waals surface area contributed by atoms with Crippen LogP contribution in [0.2, 0.25) is 0 Å². The Labute approximate surface area is 154 Å². The average Bonchev–Trinajstić information content (AvgIpc) is 2.64. The summed E-state index contributed by atoms with van der Waals surface area (Å²) in [5.74, 6) is -0.767. The Morgan fingerprint density at radius 2 is 1.96 bits per heavy atom. The van der Waals surface area contributed by atoms with E-state index in [9.17, 15) is 13.6 Å². The van der Waals surface area contributed by atoms with E-state index < -0.39 is 11.6 Å². The fourth-order valence-electron chi connectivity index (χ4n) is 4.41. The van der Waals surface area contributed by atoms with Crippen LogP contribution in [0.5, 0.6) is 0 Å². The van der Waals surface area contributed by atoms with Crippen LogP contribution >= 0.6 is 0 Å². The molecule has 1 aromatic carbocycles. The van der Waals surface area contributed by atoms with Crippen LogP contribution in [0.25, 0.3) is 0 Å². The molecule has 1 aliphatic heterocycles. The average molecular weight is 365 g/mol. The summed E-state index contributed by atoms with van der Waals surface area (Å²) in [6.07, 6.45) is 4.51. The number of hydrogen-bond acceptors (Lipinski definition) is 3. The second kappa shape index (κ2) is 8.44. The zero-order chi connectivity index (χ0) is 18.7. The summed E-state index contributed by atoms with van der Waals surface area (Å²) in [6, 6.07) is 3.86. The number of nitrogens with two attached hydrogens (primary N) is 1. The van der Waals surface area contributed by atoms with Crippen molar-refractivity contribution >= 4 is 5.91 Å². The van der Waals surface area contributed by atoms with Crippen molar-refractivity contribution in [1.29, 1.82) is 0 Å². The maximum absolute atomic E-state index is 14.2. The standard InChI is InChI=1S/C20H29F2N3O/c1-2-19(17-7-6-15(21)13-18(17)22)24-8-10-25(11-9-24)20(26)14-4-3-5-16(23)12-14/h6-7,13-14,16,19H,2-5,8-12,23H2,1H3. The molecule has 0 spiro atoms. The van der Waals surface area contributed by atoms with E-state index in [2.05, 4.69) is 4.90 Å². The molecule has 3 unspecified atom stereocenters. The van der Waals surface area contributed by atoms with E-state index in [0.717, 1.165) is 38.2 Å². The minimum atomic E-state index is -0.554. The van der Waals surface area contributed by atoms with Crippen LogP contribution in [0.3, 0.4) is 0 Å². The van der Waals surface area contributed by atoms with E-state index >= 15 is 0 Å². The lowest BCUT2D eigenvalue weighted by molar-refractivity contribution is -0.138. The van der Waals surface area contributed by atoms with Gasteiger partial charge < -0.3 is 10.6 Å². The van der Waals surface area contributed by atoms with Crippen molar-refractivity contribution in [3.63, 3.8) is 0 Å². The van der Waals surface area contributed by atoms with Crippen LogP contribution in [0.1, 0.15) is 50.6 Å². The molecule has 6 heteroatoms. The summed E-state index contributed by atoms with van der Waals surface area (Å²) in [5, 5.41) is 0. The molecular weight excluding hydrogens is 336 g/mol. The van der Waals surface area contributed by atoms with E-state index in [1.165, 1.54) is 6.07 Å². The Morgan fingerprint density at radius 1 is 1.23 bits per heavy atom. The van der Waals surface area contributed by atoms with Gasteiger partial charge in [-0.25, -0.2) is 8.78 Å². The molecule has 144 valence electrons. The number of amides is 1. The molecular formula is C20H29F2N3O. The number of carbonyl (C=O) groups is 1. The second-order valence-electron chi connectivity index (χ2n) is 7.57. The Morgan fingerprint density at radius 3 is 2.58 bits per heavy atom. The van der Waals surface area contributed by atoms with Crippen molar-refractivity contribution in [2.75, 3.05) is 26.2 Å².